The number of aryl methyl sites for hydroxylation is 1. The maximum Gasteiger partial charge on any atom is 0.245 e. The summed E-state index contributed by atoms with van der Waals surface area (Å²) in [5.74, 6) is 2.08. The van der Waals surface area contributed by atoms with Gasteiger partial charge in [0, 0.05) is 26.0 Å². The molecule has 1 saturated heterocycles. The Morgan fingerprint density at radius 3 is 3.13 bits per heavy atom. The van der Waals surface area contributed by atoms with Crippen molar-refractivity contribution in [2.24, 2.45) is 7.05 Å². The van der Waals surface area contributed by atoms with E-state index < -0.39 is 0 Å². The van der Waals surface area contributed by atoms with Gasteiger partial charge in [-0.1, -0.05) is 0 Å². The molecule has 0 amide bonds. The van der Waals surface area contributed by atoms with Crippen LogP contribution < -0.4 is 10.2 Å². The Hall–Kier alpha value is -2.61. The van der Waals surface area contributed by atoms with Gasteiger partial charge in [0.25, 0.3) is 0 Å². The molecule has 1 aliphatic rings. The van der Waals surface area contributed by atoms with Crippen LogP contribution in [-0.2, 0) is 7.05 Å². The number of hydrogen-bond donors (Lipinski definition) is 2. The number of aromatic nitrogens is 5. The van der Waals surface area contributed by atoms with Crippen molar-refractivity contribution in [2.75, 3.05) is 23.4 Å². The predicted molar refractivity (Wildman–Crippen MR) is 86.9 cm³/mol. The first-order chi connectivity index (χ1) is 11.2. The lowest BCUT2D eigenvalue weighted by Gasteiger charge is -2.23. The Morgan fingerprint density at radius 1 is 1.43 bits per heavy atom. The lowest BCUT2D eigenvalue weighted by atomic mass is 10.2. The van der Waals surface area contributed by atoms with Crippen LogP contribution in [0, 0.1) is 0 Å². The average molecular weight is 313 g/mol. The van der Waals surface area contributed by atoms with Gasteiger partial charge in [-0.3, -0.25) is 0 Å². The molecule has 0 saturated carbocycles. The van der Waals surface area contributed by atoms with Gasteiger partial charge in [0.15, 0.2) is 5.82 Å². The fourth-order valence-corrected chi connectivity index (χ4v) is 3.02. The van der Waals surface area contributed by atoms with Gasteiger partial charge in [-0.15, -0.1) is 5.10 Å². The molecule has 0 spiro atoms. The minimum absolute atomic E-state index is 0.0886. The Labute approximate surface area is 133 Å². The molecule has 1 fully saturated rings. The first-order valence-corrected chi connectivity index (χ1v) is 7.72. The van der Waals surface area contributed by atoms with E-state index in [2.05, 4.69) is 25.3 Å². The molecule has 3 aromatic rings. The molecule has 0 unspecified atom stereocenters. The van der Waals surface area contributed by atoms with Crippen molar-refractivity contribution < 1.29 is 5.11 Å². The third-order valence-electron chi connectivity index (χ3n) is 4.18. The summed E-state index contributed by atoms with van der Waals surface area (Å²) in [6.07, 6.45) is 7.54. The van der Waals surface area contributed by atoms with Crippen molar-refractivity contribution in [3.8, 4) is 0 Å². The van der Waals surface area contributed by atoms with Gasteiger partial charge in [0.05, 0.1) is 19.0 Å². The second-order valence-corrected chi connectivity index (χ2v) is 5.82. The number of imidazole rings is 1. The molecular formula is C15H19N7O. The largest absolute Gasteiger partial charge is 0.394 e. The molecule has 0 bridgehead atoms. The molecular weight excluding hydrogens is 294 g/mol. The molecule has 0 radical (unpaired) electrons. The van der Waals surface area contributed by atoms with Crippen LogP contribution in [0.25, 0.3) is 5.52 Å². The molecule has 4 rings (SSSR count). The third kappa shape index (κ3) is 2.50. The fourth-order valence-electron chi connectivity index (χ4n) is 3.02. The Balaban J connectivity index is 1.75. The third-order valence-corrected chi connectivity index (χ3v) is 4.18. The molecule has 8 nitrogen and oxygen atoms in total. The van der Waals surface area contributed by atoms with Crippen LogP contribution in [-0.4, -0.2) is 48.4 Å². The monoisotopic (exact) mass is 313 g/mol. The molecule has 1 aliphatic heterocycles. The van der Waals surface area contributed by atoms with Crippen LogP contribution in [0.1, 0.15) is 12.8 Å². The number of fused-ring (bicyclic) bond motifs is 1. The summed E-state index contributed by atoms with van der Waals surface area (Å²) in [5.41, 5.74) is 0.888. The SMILES string of the molecule is Cn1cnc(Nc2nc(N3CCC[C@@H]3CO)nn3cccc23)c1. The Morgan fingerprint density at radius 2 is 2.35 bits per heavy atom. The minimum Gasteiger partial charge on any atom is -0.394 e. The first-order valence-electron chi connectivity index (χ1n) is 7.72. The summed E-state index contributed by atoms with van der Waals surface area (Å²) in [7, 11) is 1.92. The zero-order valence-electron chi connectivity index (χ0n) is 12.9. The van der Waals surface area contributed by atoms with Crippen LogP contribution in [0.3, 0.4) is 0 Å². The zero-order valence-corrected chi connectivity index (χ0v) is 12.9. The van der Waals surface area contributed by atoms with E-state index in [1.54, 1.807) is 10.8 Å². The van der Waals surface area contributed by atoms with Gasteiger partial charge in [0.1, 0.15) is 11.3 Å². The first kappa shape index (κ1) is 14.0. The van der Waals surface area contributed by atoms with E-state index in [9.17, 15) is 5.11 Å². The molecule has 8 heteroatoms. The number of nitrogens with zero attached hydrogens (tertiary/aromatic N) is 6. The summed E-state index contributed by atoms with van der Waals surface area (Å²) < 4.78 is 3.68. The molecule has 0 aliphatic carbocycles. The maximum absolute atomic E-state index is 9.55. The topological polar surface area (TPSA) is 83.5 Å². The highest BCUT2D eigenvalue weighted by Gasteiger charge is 2.27. The highest BCUT2D eigenvalue weighted by molar-refractivity contribution is 5.73. The number of aliphatic hydroxyl groups excluding tert-OH is 1. The lowest BCUT2D eigenvalue weighted by molar-refractivity contribution is 0.265. The van der Waals surface area contributed by atoms with E-state index in [1.807, 2.05) is 36.1 Å². The summed E-state index contributed by atoms with van der Waals surface area (Å²) in [6.45, 7) is 0.983. The highest BCUT2D eigenvalue weighted by atomic mass is 16.3. The quantitative estimate of drug-likeness (QED) is 0.752. The van der Waals surface area contributed by atoms with Crippen LogP contribution in [0.15, 0.2) is 30.9 Å². The summed E-state index contributed by atoms with van der Waals surface area (Å²) in [4.78, 5) is 11.0. The second-order valence-electron chi connectivity index (χ2n) is 5.82. The van der Waals surface area contributed by atoms with E-state index in [4.69, 9.17) is 0 Å². The Bertz CT molecular complexity index is 824. The normalized spacial score (nSPS) is 18.0. The molecule has 1 atom stereocenters. The molecule has 120 valence electrons. The van der Waals surface area contributed by atoms with E-state index in [1.165, 1.54) is 0 Å². The maximum atomic E-state index is 9.55. The van der Waals surface area contributed by atoms with Crippen molar-refractivity contribution in [3.63, 3.8) is 0 Å². The van der Waals surface area contributed by atoms with Gasteiger partial charge in [-0.05, 0) is 25.0 Å². The minimum atomic E-state index is 0.0886. The van der Waals surface area contributed by atoms with Crippen LogP contribution in [0.4, 0.5) is 17.6 Å². The number of anilines is 3. The van der Waals surface area contributed by atoms with Crippen molar-refractivity contribution in [3.05, 3.63) is 30.9 Å². The van der Waals surface area contributed by atoms with Crippen molar-refractivity contribution in [2.45, 2.75) is 18.9 Å². The van der Waals surface area contributed by atoms with Crippen molar-refractivity contribution in [1.29, 1.82) is 0 Å². The second kappa shape index (κ2) is 5.54. The van der Waals surface area contributed by atoms with Crippen molar-refractivity contribution >= 4 is 23.1 Å². The fraction of sp³-hybridized carbons (Fsp3) is 0.400. The van der Waals surface area contributed by atoms with Gasteiger partial charge in [-0.2, -0.15) is 4.98 Å². The molecule has 4 heterocycles. The summed E-state index contributed by atoms with van der Waals surface area (Å²) in [5, 5.41) is 17.4. The van der Waals surface area contributed by atoms with Crippen LogP contribution in [0.5, 0.6) is 0 Å². The smallest absolute Gasteiger partial charge is 0.245 e. The van der Waals surface area contributed by atoms with Gasteiger partial charge in [0.2, 0.25) is 5.95 Å². The molecule has 2 N–H and O–H groups in total. The van der Waals surface area contributed by atoms with E-state index in [0.717, 1.165) is 30.7 Å². The van der Waals surface area contributed by atoms with Crippen molar-refractivity contribution in [1.82, 2.24) is 24.1 Å². The van der Waals surface area contributed by atoms with Crippen LogP contribution >= 0.6 is 0 Å². The average Bonchev–Trinajstić information content (AvgIpc) is 3.26. The van der Waals surface area contributed by atoms with E-state index in [0.29, 0.717) is 11.8 Å². The summed E-state index contributed by atoms with van der Waals surface area (Å²) in [6, 6.07) is 3.98. The molecule has 0 aromatic carbocycles. The zero-order chi connectivity index (χ0) is 15.8. The van der Waals surface area contributed by atoms with E-state index in [-0.39, 0.29) is 12.6 Å². The number of hydrogen-bond acceptors (Lipinski definition) is 6. The van der Waals surface area contributed by atoms with Gasteiger partial charge < -0.3 is 19.9 Å². The summed E-state index contributed by atoms with van der Waals surface area (Å²) >= 11 is 0. The van der Waals surface area contributed by atoms with E-state index >= 15 is 0 Å². The van der Waals surface area contributed by atoms with Gasteiger partial charge >= 0.3 is 0 Å². The molecule has 3 aromatic heterocycles. The number of nitrogens with one attached hydrogen (secondary N) is 1. The highest BCUT2D eigenvalue weighted by Crippen LogP contribution is 2.26. The van der Waals surface area contributed by atoms with Gasteiger partial charge in [-0.25, -0.2) is 9.50 Å². The standard InChI is InChI=1S/C15H19N7O/c1-20-8-13(16-10-20)17-14-12-5-3-7-22(12)19-15(18-14)21-6-2-4-11(21)9-23/h3,5,7-8,10-11,23H,2,4,6,9H2,1H3,(H,17,18,19)/t11-/m1/s1. The Kier molecular flexibility index (Phi) is 3.38. The molecule has 23 heavy (non-hydrogen) atoms. The lowest BCUT2D eigenvalue weighted by Crippen LogP contribution is -2.34. The number of aliphatic hydroxyl groups is 1. The van der Waals surface area contributed by atoms with Crippen LogP contribution in [0.2, 0.25) is 0 Å². The predicted octanol–water partition coefficient (Wildman–Crippen LogP) is 1.17. The number of rotatable bonds is 4.